The van der Waals surface area contributed by atoms with Gasteiger partial charge in [-0.15, -0.1) is 0 Å². The van der Waals surface area contributed by atoms with Gasteiger partial charge in [0.1, 0.15) is 12.9 Å². The van der Waals surface area contributed by atoms with Crippen molar-refractivity contribution in [1.82, 2.24) is 0 Å². The Bertz CT molecular complexity index is 486. The lowest BCUT2D eigenvalue weighted by Crippen LogP contribution is -2.00. The highest BCUT2D eigenvalue weighted by Gasteiger charge is 2.13. The lowest BCUT2D eigenvalue weighted by atomic mass is 10.1. The Morgan fingerprint density at radius 2 is 1.75 bits per heavy atom. The highest BCUT2D eigenvalue weighted by atomic mass is 16.5. The van der Waals surface area contributed by atoms with Crippen LogP contribution < -0.4 is 14.2 Å². The average molecular weight is 276 g/mol. The van der Waals surface area contributed by atoms with E-state index in [4.69, 9.17) is 14.2 Å². The first-order valence-corrected chi connectivity index (χ1v) is 6.26. The summed E-state index contributed by atoms with van der Waals surface area (Å²) in [5.41, 5.74) is 1.98. The Labute approximate surface area is 119 Å². The van der Waals surface area contributed by atoms with E-state index in [0.29, 0.717) is 23.9 Å². The second kappa shape index (κ2) is 8.04. The van der Waals surface area contributed by atoms with Gasteiger partial charge < -0.3 is 14.2 Å². The molecule has 0 amide bonds. The molecule has 0 aliphatic heterocycles. The monoisotopic (exact) mass is 276 g/mol. The highest BCUT2D eigenvalue weighted by Crippen LogP contribution is 2.38. The van der Waals surface area contributed by atoms with Gasteiger partial charge in [0, 0.05) is 0 Å². The molecule has 0 saturated heterocycles. The number of carbonyl (C=O) groups is 1. The largest absolute Gasteiger partial charge is 0.493 e. The van der Waals surface area contributed by atoms with Crippen molar-refractivity contribution < 1.29 is 19.0 Å². The molecule has 20 heavy (non-hydrogen) atoms. The number of methoxy groups -OCH3 is 2. The topological polar surface area (TPSA) is 44.8 Å². The molecule has 0 atom stereocenters. The van der Waals surface area contributed by atoms with E-state index in [1.807, 2.05) is 19.9 Å². The number of hydrogen-bond acceptors (Lipinski definition) is 4. The Morgan fingerprint density at radius 1 is 1.15 bits per heavy atom. The normalized spacial score (nSPS) is 10.2. The lowest BCUT2D eigenvalue weighted by molar-refractivity contribution is -0.104. The predicted octanol–water partition coefficient (Wildman–Crippen LogP) is 3.26. The number of allylic oxidation sites excluding steroid dienone is 2. The maximum absolute atomic E-state index is 10.4. The SMILES string of the molecule is COc1cc(/C=C/C=O)cc(OC)c1OCC=C(C)C. The van der Waals surface area contributed by atoms with Gasteiger partial charge in [-0.25, -0.2) is 0 Å². The van der Waals surface area contributed by atoms with Gasteiger partial charge in [-0.2, -0.15) is 0 Å². The number of benzene rings is 1. The van der Waals surface area contributed by atoms with Crippen molar-refractivity contribution in [3.05, 3.63) is 35.4 Å². The number of aldehydes is 1. The van der Waals surface area contributed by atoms with Gasteiger partial charge in [0.05, 0.1) is 14.2 Å². The van der Waals surface area contributed by atoms with E-state index >= 15 is 0 Å². The fraction of sp³-hybridized carbons (Fsp3) is 0.312. The summed E-state index contributed by atoms with van der Waals surface area (Å²) in [5.74, 6) is 1.69. The van der Waals surface area contributed by atoms with Crippen molar-refractivity contribution in [3.63, 3.8) is 0 Å². The molecule has 0 N–H and O–H groups in total. The molecule has 0 saturated carbocycles. The summed E-state index contributed by atoms with van der Waals surface area (Å²) in [7, 11) is 3.13. The van der Waals surface area contributed by atoms with E-state index in [-0.39, 0.29) is 0 Å². The molecule has 0 bridgehead atoms. The summed E-state index contributed by atoms with van der Waals surface area (Å²) in [6, 6.07) is 3.58. The smallest absolute Gasteiger partial charge is 0.203 e. The Morgan fingerprint density at radius 3 is 2.20 bits per heavy atom. The summed E-state index contributed by atoms with van der Waals surface area (Å²) < 4.78 is 16.3. The van der Waals surface area contributed by atoms with E-state index in [2.05, 4.69) is 0 Å². The van der Waals surface area contributed by atoms with Crippen LogP contribution in [0, 0.1) is 0 Å². The molecule has 4 nitrogen and oxygen atoms in total. The zero-order valence-corrected chi connectivity index (χ0v) is 12.3. The molecule has 0 aliphatic carbocycles. The second-order valence-corrected chi connectivity index (χ2v) is 4.34. The van der Waals surface area contributed by atoms with Gasteiger partial charge in [0.15, 0.2) is 11.5 Å². The zero-order chi connectivity index (χ0) is 15.0. The predicted molar refractivity (Wildman–Crippen MR) is 79.6 cm³/mol. The minimum Gasteiger partial charge on any atom is -0.493 e. The third-order valence-corrected chi connectivity index (χ3v) is 2.57. The van der Waals surface area contributed by atoms with Crippen LogP contribution in [0.15, 0.2) is 29.9 Å². The van der Waals surface area contributed by atoms with Crippen LogP contribution in [0.1, 0.15) is 19.4 Å². The van der Waals surface area contributed by atoms with Crippen molar-refractivity contribution in [2.45, 2.75) is 13.8 Å². The van der Waals surface area contributed by atoms with Crippen LogP contribution in [0.3, 0.4) is 0 Å². The maximum Gasteiger partial charge on any atom is 0.203 e. The van der Waals surface area contributed by atoms with Gasteiger partial charge in [-0.3, -0.25) is 4.79 Å². The Kier molecular flexibility index (Phi) is 6.37. The maximum atomic E-state index is 10.4. The van der Waals surface area contributed by atoms with E-state index in [1.165, 1.54) is 11.6 Å². The first-order chi connectivity index (χ1) is 9.62. The van der Waals surface area contributed by atoms with Crippen molar-refractivity contribution in [2.24, 2.45) is 0 Å². The summed E-state index contributed by atoms with van der Waals surface area (Å²) in [6.07, 6.45) is 5.78. The molecule has 1 aromatic rings. The number of ether oxygens (including phenoxy) is 3. The molecular formula is C16H20O4. The lowest BCUT2D eigenvalue weighted by Gasteiger charge is -2.14. The Hall–Kier alpha value is -2.23. The van der Waals surface area contributed by atoms with Crippen LogP contribution >= 0.6 is 0 Å². The molecule has 1 rings (SSSR count). The van der Waals surface area contributed by atoms with E-state index in [1.54, 1.807) is 32.4 Å². The van der Waals surface area contributed by atoms with Crippen LogP contribution in [-0.2, 0) is 4.79 Å². The van der Waals surface area contributed by atoms with Crippen molar-refractivity contribution in [1.29, 1.82) is 0 Å². The van der Waals surface area contributed by atoms with Crippen molar-refractivity contribution in [3.8, 4) is 17.2 Å². The first-order valence-electron chi connectivity index (χ1n) is 6.26. The van der Waals surface area contributed by atoms with E-state index in [0.717, 1.165) is 11.8 Å². The summed E-state index contributed by atoms with van der Waals surface area (Å²) >= 11 is 0. The third kappa shape index (κ3) is 4.46. The summed E-state index contributed by atoms with van der Waals surface area (Å²) in [6.45, 7) is 4.45. The molecule has 0 radical (unpaired) electrons. The Balaban J connectivity index is 3.11. The molecule has 0 aliphatic rings. The van der Waals surface area contributed by atoms with Gasteiger partial charge in [0.2, 0.25) is 5.75 Å². The average Bonchev–Trinajstić information content (AvgIpc) is 2.44. The number of carbonyl (C=O) groups excluding carboxylic acids is 1. The number of hydrogen-bond donors (Lipinski definition) is 0. The zero-order valence-electron chi connectivity index (χ0n) is 12.3. The van der Waals surface area contributed by atoms with E-state index in [9.17, 15) is 4.79 Å². The first kappa shape index (κ1) is 15.8. The highest BCUT2D eigenvalue weighted by molar-refractivity contribution is 5.75. The van der Waals surface area contributed by atoms with Gasteiger partial charge in [-0.05, 0) is 43.7 Å². The molecule has 0 fully saturated rings. The van der Waals surface area contributed by atoms with Crippen molar-refractivity contribution in [2.75, 3.05) is 20.8 Å². The third-order valence-electron chi connectivity index (χ3n) is 2.57. The van der Waals surface area contributed by atoms with Crippen LogP contribution in [0.4, 0.5) is 0 Å². The van der Waals surface area contributed by atoms with Crippen LogP contribution in [0.2, 0.25) is 0 Å². The standard InChI is InChI=1S/C16H20O4/c1-12(2)7-9-20-16-14(18-3)10-13(6-5-8-17)11-15(16)19-4/h5-8,10-11H,9H2,1-4H3/b6-5+. The molecular weight excluding hydrogens is 256 g/mol. The second-order valence-electron chi connectivity index (χ2n) is 4.34. The minimum atomic E-state index is 0.443. The summed E-state index contributed by atoms with van der Waals surface area (Å²) in [4.78, 5) is 10.4. The van der Waals surface area contributed by atoms with Crippen LogP contribution in [-0.4, -0.2) is 27.1 Å². The van der Waals surface area contributed by atoms with Gasteiger partial charge >= 0.3 is 0 Å². The molecule has 0 aromatic heterocycles. The molecule has 108 valence electrons. The van der Waals surface area contributed by atoms with Gasteiger partial charge in [0.25, 0.3) is 0 Å². The van der Waals surface area contributed by atoms with Crippen molar-refractivity contribution >= 4 is 12.4 Å². The fourth-order valence-electron chi connectivity index (χ4n) is 1.58. The van der Waals surface area contributed by atoms with Crippen LogP contribution in [0.25, 0.3) is 6.08 Å². The van der Waals surface area contributed by atoms with Crippen LogP contribution in [0.5, 0.6) is 17.2 Å². The minimum absolute atomic E-state index is 0.443. The molecule has 1 aromatic carbocycles. The molecule has 0 unspecified atom stereocenters. The van der Waals surface area contributed by atoms with E-state index < -0.39 is 0 Å². The molecule has 0 heterocycles. The van der Waals surface area contributed by atoms with Gasteiger partial charge in [-0.1, -0.05) is 11.6 Å². The summed E-state index contributed by atoms with van der Waals surface area (Å²) in [5, 5.41) is 0. The quantitative estimate of drug-likeness (QED) is 0.435. The fourth-order valence-corrected chi connectivity index (χ4v) is 1.58. The molecule has 4 heteroatoms. The molecule has 0 spiro atoms. The number of rotatable bonds is 7.